The van der Waals surface area contributed by atoms with Crippen molar-refractivity contribution >= 4 is 23.1 Å². The zero-order chi connectivity index (χ0) is 11.5. The molecule has 0 aliphatic carbocycles. The van der Waals surface area contributed by atoms with E-state index in [4.69, 9.17) is 17.3 Å². The minimum absolute atomic E-state index is 0.219. The molecule has 2 heterocycles. The van der Waals surface area contributed by atoms with Gasteiger partial charge in [-0.25, -0.2) is 4.98 Å². The van der Waals surface area contributed by atoms with Gasteiger partial charge >= 0.3 is 0 Å². The van der Waals surface area contributed by atoms with Crippen LogP contribution >= 0.6 is 11.6 Å². The van der Waals surface area contributed by atoms with Crippen molar-refractivity contribution in [2.75, 3.05) is 30.3 Å². The molecule has 1 fully saturated rings. The number of hydrogen-bond donors (Lipinski definition) is 2. The van der Waals surface area contributed by atoms with Crippen molar-refractivity contribution in [3.8, 4) is 0 Å². The average molecular weight is 242 g/mol. The fraction of sp³-hybridized carbons (Fsp3) is 0.545. The van der Waals surface area contributed by atoms with Gasteiger partial charge in [-0.1, -0.05) is 11.6 Å². The first-order chi connectivity index (χ1) is 7.70. The molecule has 3 N–H and O–H groups in total. The highest BCUT2D eigenvalue weighted by atomic mass is 35.5. The van der Waals surface area contributed by atoms with Crippen molar-refractivity contribution in [1.29, 1.82) is 0 Å². The topological polar surface area (TPSA) is 62.4 Å². The average Bonchev–Trinajstić information content (AvgIpc) is 2.32. The van der Waals surface area contributed by atoms with Crippen LogP contribution < -0.4 is 10.6 Å². The number of aromatic nitrogens is 1. The summed E-state index contributed by atoms with van der Waals surface area (Å²) in [6.07, 6.45) is 2.12. The molecule has 0 saturated carbocycles. The van der Waals surface area contributed by atoms with Gasteiger partial charge in [0.15, 0.2) is 5.82 Å². The molecule has 1 aliphatic heterocycles. The Kier molecular flexibility index (Phi) is 3.51. The number of rotatable bonds is 2. The van der Waals surface area contributed by atoms with E-state index in [9.17, 15) is 5.11 Å². The summed E-state index contributed by atoms with van der Waals surface area (Å²) >= 11 is 5.86. The maximum absolute atomic E-state index is 9.18. The smallest absolute Gasteiger partial charge is 0.153 e. The van der Waals surface area contributed by atoms with E-state index >= 15 is 0 Å². The van der Waals surface area contributed by atoms with Crippen molar-refractivity contribution in [3.63, 3.8) is 0 Å². The van der Waals surface area contributed by atoms with Gasteiger partial charge in [0, 0.05) is 19.7 Å². The van der Waals surface area contributed by atoms with Crippen molar-refractivity contribution in [3.05, 3.63) is 17.3 Å². The Labute approximate surface area is 100 Å². The molecule has 1 aliphatic rings. The van der Waals surface area contributed by atoms with Crippen LogP contribution in [0, 0.1) is 5.92 Å². The van der Waals surface area contributed by atoms with E-state index in [-0.39, 0.29) is 6.61 Å². The van der Waals surface area contributed by atoms with Crippen molar-refractivity contribution in [1.82, 2.24) is 4.98 Å². The Morgan fingerprint density at radius 3 is 3.12 bits per heavy atom. The summed E-state index contributed by atoms with van der Waals surface area (Å²) < 4.78 is 0. The number of aliphatic hydroxyl groups is 1. The van der Waals surface area contributed by atoms with Gasteiger partial charge in [-0.2, -0.15) is 0 Å². The first-order valence-electron chi connectivity index (χ1n) is 5.48. The van der Waals surface area contributed by atoms with Crippen molar-refractivity contribution in [2.45, 2.75) is 12.8 Å². The van der Waals surface area contributed by atoms with Crippen LogP contribution in [0.2, 0.25) is 5.15 Å². The van der Waals surface area contributed by atoms with Gasteiger partial charge in [-0.05, 0) is 30.9 Å². The third kappa shape index (κ3) is 2.39. The number of halogens is 1. The molecule has 0 spiro atoms. The fourth-order valence-corrected chi connectivity index (χ4v) is 2.24. The van der Waals surface area contributed by atoms with Crippen LogP contribution in [0.25, 0.3) is 0 Å². The molecule has 0 bridgehead atoms. The summed E-state index contributed by atoms with van der Waals surface area (Å²) in [6, 6.07) is 3.46. The normalized spacial score (nSPS) is 21.1. The van der Waals surface area contributed by atoms with E-state index in [1.807, 2.05) is 0 Å². The second-order valence-corrected chi connectivity index (χ2v) is 4.57. The number of pyridine rings is 1. The van der Waals surface area contributed by atoms with E-state index in [1.54, 1.807) is 12.1 Å². The van der Waals surface area contributed by atoms with E-state index in [0.717, 1.165) is 31.7 Å². The second kappa shape index (κ2) is 4.89. The summed E-state index contributed by atoms with van der Waals surface area (Å²) in [5.74, 6) is 1.06. The molecule has 0 radical (unpaired) electrons. The predicted octanol–water partition coefficient (Wildman–Crippen LogP) is 1.53. The lowest BCUT2D eigenvalue weighted by molar-refractivity contribution is 0.208. The molecule has 0 amide bonds. The van der Waals surface area contributed by atoms with Gasteiger partial charge in [0.1, 0.15) is 5.15 Å². The lowest BCUT2D eigenvalue weighted by atomic mass is 9.99. The number of nitrogens with two attached hydrogens (primary N) is 1. The van der Waals surface area contributed by atoms with Gasteiger partial charge in [-0.3, -0.25) is 0 Å². The van der Waals surface area contributed by atoms with E-state index in [1.165, 1.54) is 0 Å². The lowest BCUT2D eigenvalue weighted by Crippen LogP contribution is -2.37. The van der Waals surface area contributed by atoms with Crippen LogP contribution in [0.5, 0.6) is 0 Å². The van der Waals surface area contributed by atoms with Crippen LogP contribution in [0.15, 0.2) is 12.1 Å². The Morgan fingerprint density at radius 1 is 1.56 bits per heavy atom. The molecule has 5 heteroatoms. The largest absolute Gasteiger partial charge is 0.396 e. The highest BCUT2D eigenvalue weighted by molar-refractivity contribution is 6.29. The minimum Gasteiger partial charge on any atom is -0.396 e. The monoisotopic (exact) mass is 241 g/mol. The second-order valence-electron chi connectivity index (χ2n) is 4.18. The molecule has 1 unspecified atom stereocenters. The highest BCUT2D eigenvalue weighted by Crippen LogP contribution is 2.27. The molecular weight excluding hydrogens is 226 g/mol. The maximum atomic E-state index is 9.18. The third-order valence-corrected chi connectivity index (χ3v) is 3.16. The maximum Gasteiger partial charge on any atom is 0.153 e. The van der Waals surface area contributed by atoms with Crippen molar-refractivity contribution in [2.24, 2.45) is 5.92 Å². The van der Waals surface area contributed by atoms with E-state index < -0.39 is 0 Å². The zero-order valence-electron chi connectivity index (χ0n) is 9.06. The number of piperidine rings is 1. The fourth-order valence-electron chi connectivity index (χ4n) is 2.10. The zero-order valence-corrected chi connectivity index (χ0v) is 9.82. The summed E-state index contributed by atoms with van der Waals surface area (Å²) in [5, 5.41) is 9.63. The van der Waals surface area contributed by atoms with E-state index in [2.05, 4.69) is 9.88 Å². The number of nitrogens with zero attached hydrogens (tertiary/aromatic N) is 2. The molecule has 2 rings (SSSR count). The van der Waals surface area contributed by atoms with Crippen LogP contribution in [-0.4, -0.2) is 29.8 Å². The van der Waals surface area contributed by atoms with Gasteiger partial charge in [-0.15, -0.1) is 0 Å². The Bertz CT molecular complexity index is 372. The first kappa shape index (κ1) is 11.5. The van der Waals surface area contributed by atoms with Gasteiger partial charge < -0.3 is 15.7 Å². The Balaban J connectivity index is 2.19. The number of aliphatic hydroxyl groups excluding tert-OH is 1. The first-order valence-corrected chi connectivity index (χ1v) is 5.86. The molecule has 1 aromatic heterocycles. The molecule has 1 aromatic rings. The van der Waals surface area contributed by atoms with Gasteiger partial charge in [0.05, 0.1) is 5.69 Å². The minimum atomic E-state index is 0.219. The van der Waals surface area contributed by atoms with Crippen LogP contribution in [0.3, 0.4) is 0 Å². The molecule has 88 valence electrons. The Hall–Kier alpha value is -1.00. The van der Waals surface area contributed by atoms with Crippen LogP contribution in [0.4, 0.5) is 11.5 Å². The van der Waals surface area contributed by atoms with Gasteiger partial charge in [0.2, 0.25) is 0 Å². The SMILES string of the molecule is Nc1ccc(Cl)nc1N1CCCC(CO)C1. The molecule has 1 atom stereocenters. The molecule has 4 nitrogen and oxygen atoms in total. The Morgan fingerprint density at radius 2 is 2.38 bits per heavy atom. The summed E-state index contributed by atoms with van der Waals surface area (Å²) in [5.41, 5.74) is 6.52. The molecule has 1 saturated heterocycles. The van der Waals surface area contributed by atoms with Gasteiger partial charge in [0.25, 0.3) is 0 Å². The molecule has 16 heavy (non-hydrogen) atoms. The summed E-state index contributed by atoms with van der Waals surface area (Å²) in [7, 11) is 0. The summed E-state index contributed by atoms with van der Waals surface area (Å²) in [4.78, 5) is 6.35. The molecule has 0 aromatic carbocycles. The quantitative estimate of drug-likeness (QED) is 0.771. The number of nitrogen functional groups attached to an aromatic ring is 1. The predicted molar refractivity (Wildman–Crippen MR) is 65.7 cm³/mol. The number of hydrogen-bond acceptors (Lipinski definition) is 4. The van der Waals surface area contributed by atoms with Crippen molar-refractivity contribution < 1.29 is 5.11 Å². The van der Waals surface area contributed by atoms with E-state index in [0.29, 0.717) is 16.8 Å². The third-order valence-electron chi connectivity index (χ3n) is 2.95. The highest BCUT2D eigenvalue weighted by Gasteiger charge is 2.21. The molecular formula is C11H16ClN3O. The summed E-state index contributed by atoms with van der Waals surface area (Å²) in [6.45, 7) is 1.94. The standard InChI is InChI=1S/C11H16ClN3O/c12-10-4-3-9(13)11(14-10)15-5-1-2-8(6-15)7-16/h3-4,8,16H,1-2,5-7,13H2. The lowest BCUT2D eigenvalue weighted by Gasteiger charge is -2.33. The van der Waals surface area contributed by atoms with Crippen LogP contribution in [-0.2, 0) is 0 Å². The van der Waals surface area contributed by atoms with Crippen LogP contribution in [0.1, 0.15) is 12.8 Å². The number of anilines is 2.